The Morgan fingerprint density at radius 2 is 2.06 bits per heavy atom. The van der Waals surface area contributed by atoms with Gasteiger partial charge in [0.1, 0.15) is 17.4 Å². The van der Waals surface area contributed by atoms with Gasteiger partial charge in [0, 0.05) is 19.5 Å². The van der Waals surface area contributed by atoms with Crippen molar-refractivity contribution in [2.24, 2.45) is 11.5 Å². The molecule has 1 amide bonds. The Labute approximate surface area is 187 Å². The maximum atomic E-state index is 12.7. The van der Waals surface area contributed by atoms with Gasteiger partial charge in [-0.25, -0.2) is 15.0 Å². The van der Waals surface area contributed by atoms with E-state index in [0.29, 0.717) is 62.3 Å². The molecule has 11 heteroatoms. The number of nitrogens with zero attached hydrogens (tertiary/aromatic N) is 5. The van der Waals surface area contributed by atoms with Crippen LogP contribution in [0.25, 0.3) is 11.2 Å². The number of hydrogen-bond acceptors (Lipinski definition) is 9. The third-order valence-corrected chi connectivity index (χ3v) is 6.95. The largest absolute Gasteiger partial charge is 0.386 e. The molecule has 11 nitrogen and oxygen atoms in total. The minimum atomic E-state index is -1.10. The van der Waals surface area contributed by atoms with Gasteiger partial charge < -0.3 is 36.5 Å². The molecule has 0 aromatic carbocycles. The normalized spacial score (nSPS) is 26.5. The lowest BCUT2D eigenvalue weighted by atomic mass is 9.77. The lowest BCUT2D eigenvalue weighted by Gasteiger charge is -2.51. The van der Waals surface area contributed by atoms with Crippen LogP contribution in [-0.2, 0) is 9.53 Å². The summed E-state index contributed by atoms with van der Waals surface area (Å²) >= 11 is 0. The van der Waals surface area contributed by atoms with Crippen molar-refractivity contribution in [1.29, 1.82) is 0 Å². The SMILES string of the molecule is C[C@]1(O)COC2(CCN(C(=O)[C@H](N)CCCCN)CC2)C[C@@H]1n1cnc2c(N)ncnc21. The number of likely N-dealkylation sites (tertiary alicyclic amines) is 1. The first-order chi connectivity index (χ1) is 15.3. The first-order valence-corrected chi connectivity index (χ1v) is 11.3. The fourth-order valence-electron chi connectivity index (χ4n) is 4.87. The van der Waals surface area contributed by atoms with E-state index in [0.717, 1.165) is 12.8 Å². The third-order valence-electron chi connectivity index (χ3n) is 6.95. The van der Waals surface area contributed by atoms with Gasteiger partial charge >= 0.3 is 0 Å². The van der Waals surface area contributed by atoms with E-state index in [2.05, 4.69) is 15.0 Å². The highest BCUT2D eigenvalue weighted by molar-refractivity contribution is 5.82. The molecular formula is C21H34N8O3. The Morgan fingerprint density at radius 3 is 2.78 bits per heavy atom. The summed E-state index contributed by atoms with van der Waals surface area (Å²) in [7, 11) is 0. The van der Waals surface area contributed by atoms with Crippen LogP contribution in [0.15, 0.2) is 12.7 Å². The summed E-state index contributed by atoms with van der Waals surface area (Å²) in [6.07, 6.45) is 7.40. The molecule has 176 valence electrons. The molecule has 32 heavy (non-hydrogen) atoms. The van der Waals surface area contributed by atoms with E-state index < -0.39 is 17.2 Å². The smallest absolute Gasteiger partial charge is 0.239 e. The summed E-state index contributed by atoms with van der Waals surface area (Å²) in [4.78, 5) is 27.3. The molecule has 4 heterocycles. The number of aromatic nitrogens is 4. The summed E-state index contributed by atoms with van der Waals surface area (Å²) in [6, 6.07) is -0.782. The van der Waals surface area contributed by atoms with Crippen LogP contribution in [0.2, 0.25) is 0 Å². The Hall–Kier alpha value is -2.34. The van der Waals surface area contributed by atoms with E-state index in [1.807, 2.05) is 9.47 Å². The van der Waals surface area contributed by atoms with Crippen molar-refractivity contribution >= 4 is 22.9 Å². The molecule has 0 radical (unpaired) electrons. The zero-order valence-corrected chi connectivity index (χ0v) is 18.6. The number of nitrogens with two attached hydrogens (primary N) is 3. The molecule has 0 bridgehead atoms. The summed E-state index contributed by atoms with van der Waals surface area (Å²) in [5.41, 5.74) is 17.2. The minimum Gasteiger partial charge on any atom is -0.386 e. The second-order valence-corrected chi connectivity index (χ2v) is 9.35. The molecule has 2 saturated heterocycles. The van der Waals surface area contributed by atoms with Gasteiger partial charge in [-0.1, -0.05) is 6.42 Å². The molecular weight excluding hydrogens is 412 g/mol. The fraction of sp³-hybridized carbons (Fsp3) is 0.714. The molecule has 2 aliphatic heterocycles. The highest BCUT2D eigenvalue weighted by Crippen LogP contribution is 2.44. The predicted octanol–water partition coefficient (Wildman–Crippen LogP) is -0.0616. The summed E-state index contributed by atoms with van der Waals surface area (Å²) in [6.45, 7) is 3.72. The monoisotopic (exact) mass is 446 g/mol. The second-order valence-electron chi connectivity index (χ2n) is 9.35. The number of fused-ring (bicyclic) bond motifs is 1. The van der Waals surface area contributed by atoms with Crippen LogP contribution in [0.5, 0.6) is 0 Å². The third kappa shape index (κ3) is 4.29. The van der Waals surface area contributed by atoms with Crippen LogP contribution in [-0.4, -0.2) is 78.9 Å². The van der Waals surface area contributed by atoms with Gasteiger partial charge in [-0.3, -0.25) is 4.79 Å². The predicted molar refractivity (Wildman–Crippen MR) is 119 cm³/mol. The Morgan fingerprint density at radius 1 is 1.31 bits per heavy atom. The minimum absolute atomic E-state index is 0.0102. The van der Waals surface area contributed by atoms with E-state index in [1.165, 1.54) is 6.33 Å². The van der Waals surface area contributed by atoms with Gasteiger partial charge in [0.05, 0.1) is 30.6 Å². The highest BCUT2D eigenvalue weighted by Gasteiger charge is 2.50. The molecule has 7 N–H and O–H groups in total. The number of carbonyl (C=O) groups is 1. The van der Waals surface area contributed by atoms with Crippen LogP contribution in [0.3, 0.4) is 0 Å². The van der Waals surface area contributed by atoms with E-state index in [1.54, 1.807) is 13.3 Å². The van der Waals surface area contributed by atoms with Crippen LogP contribution in [0.1, 0.15) is 51.5 Å². The van der Waals surface area contributed by atoms with Crippen molar-refractivity contribution in [1.82, 2.24) is 24.4 Å². The van der Waals surface area contributed by atoms with Gasteiger partial charge in [0.2, 0.25) is 5.91 Å². The molecule has 2 aromatic heterocycles. The summed E-state index contributed by atoms with van der Waals surface area (Å²) in [5, 5.41) is 11.1. The number of piperidine rings is 1. The van der Waals surface area contributed by atoms with E-state index in [4.69, 9.17) is 21.9 Å². The van der Waals surface area contributed by atoms with Crippen molar-refractivity contribution in [3.8, 4) is 0 Å². The maximum Gasteiger partial charge on any atom is 0.239 e. The molecule has 2 aliphatic rings. The summed E-state index contributed by atoms with van der Waals surface area (Å²) in [5.74, 6) is 0.300. The average Bonchev–Trinajstić information content (AvgIpc) is 3.21. The van der Waals surface area contributed by atoms with Gasteiger partial charge in [0.25, 0.3) is 0 Å². The number of aliphatic hydroxyl groups is 1. The number of amides is 1. The first-order valence-electron chi connectivity index (χ1n) is 11.3. The molecule has 0 aliphatic carbocycles. The number of unbranched alkanes of at least 4 members (excludes halogenated alkanes) is 1. The maximum absolute atomic E-state index is 12.7. The lowest BCUT2D eigenvalue weighted by Crippen LogP contribution is -2.58. The van der Waals surface area contributed by atoms with Crippen molar-refractivity contribution in [2.75, 3.05) is 32.0 Å². The molecule has 2 fully saturated rings. The van der Waals surface area contributed by atoms with Crippen molar-refractivity contribution in [3.63, 3.8) is 0 Å². The zero-order chi connectivity index (χ0) is 22.9. The second kappa shape index (κ2) is 8.89. The van der Waals surface area contributed by atoms with Crippen molar-refractivity contribution < 1.29 is 14.6 Å². The van der Waals surface area contributed by atoms with Gasteiger partial charge in [0.15, 0.2) is 11.5 Å². The van der Waals surface area contributed by atoms with Crippen LogP contribution in [0.4, 0.5) is 5.82 Å². The number of carbonyl (C=O) groups excluding carboxylic acids is 1. The van der Waals surface area contributed by atoms with E-state index in [9.17, 15) is 9.90 Å². The van der Waals surface area contributed by atoms with Crippen molar-refractivity contribution in [2.45, 2.75) is 68.7 Å². The molecule has 1 spiro atoms. The number of nitrogen functional groups attached to an aromatic ring is 1. The molecule has 3 atom stereocenters. The number of rotatable bonds is 6. The standard InChI is InChI=1S/C21H34N8O3/c1-20(31)11-32-21(5-8-28(9-6-21)19(30)14(23)4-2-3-7-22)10-15(20)29-13-27-16-17(24)25-12-26-18(16)29/h12-15,31H,2-11,22-23H2,1H3,(H2,24,25,26)/t14-,15+,20+/m1/s1. The lowest BCUT2D eigenvalue weighted by molar-refractivity contribution is -0.201. The van der Waals surface area contributed by atoms with Gasteiger partial charge in [-0.15, -0.1) is 0 Å². The molecule has 4 rings (SSSR count). The first kappa shape index (κ1) is 22.8. The average molecular weight is 447 g/mol. The van der Waals surface area contributed by atoms with Crippen LogP contribution >= 0.6 is 0 Å². The van der Waals surface area contributed by atoms with Gasteiger partial charge in [-0.2, -0.15) is 0 Å². The number of anilines is 1. The Kier molecular flexibility index (Phi) is 6.35. The fourth-order valence-corrected chi connectivity index (χ4v) is 4.87. The number of ether oxygens (including phenoxy) is 1. The summed E-state index contributed by atoms with van der Waals surface area (Å²) < 4.78 is 8.11. The van der Waals surface area contributed by atoms with Crippen LogP contribution in [0, 0.1) is 0 Å². The molecule has 2 aromatic rings. The Bertz CT molecular complexity index is 954. The van der Waals surface area contributed by atoms with Gasteiger partial charge in [-0.05, 0) is 39.2 Å². The van der Waals surface area contributed by atoms with E-state index >= 15 is 0 Å². The highest BCUT2D eigenvalue weighted by atomic mass is 16.5. The number of hydrogen-bond donors (Lipinski definition) is 4. The number of imidazole rings is 1. The molecule has 0 saturated carbocycles. The van der Waals surface area contributed by atoms with Crippen LogP contribution < -0.4 is 17.2 Å². The zero-order valence-electron chi connectivity index (χ0n) is 18.6. The van der Waals surface area contributed by atoms with Crippen molar-refractivity contribution in [3.05, 3.63) is 12.7 Å². The topological polar surface area (TPSA) is 171 Å². The quantitative estimate of drug-likeness (QED) is 0.443. The Balaban J connectivity index is 1.46. The van der Waals surface area contributed by atoms with E-state index in [-0.39, 0.29) is 18.6 Å². The molecule has 0 unspecified atom stereocenters.